The normalized spacial score (nSPS) is 11.6. The van der Waals surface area contributed by atoms with Crippen LogP contribution >= 0.6 is 0 Å². The minimum atomic E-state index is -0.387. The zero-order valence-electron chi connectivity index (χ0n) is 22.0. The Morgan fingerprint density at radius 1 is 0.737 bits per heavy atom. The highest BCUT2D eigenvalue weighted by Gasteiger charge is 2.13. The van der Waals surface area contributed by atoms with Crippen molar-refractivity contribution in [3.8, 4) is 0 Å². The molecule has 38 heavy (non-hydrogen) atoms. The Hall–Kier alpha value is -4.15. The van der Waals surface area contributed by atoms with E-state index in [-0.39, 0.29) is 9.52 Å². The molecule has 0 fully saturated rings. The molecule has 186 valence electrons. The lowest BCUT2D eigenvalue weighted by molar-refractivity contribution is 0.901. The number of allylic oxidation sites excluding steroid dienone is 1. The average molecular weight is 509 g/mol. The summed E-state index contributed by atoms with van der Waals surface area (Å²) < 4.78 is 2.38. The molecule has 0 aliphatic rings. The lowest BCUT2D eigenvalue weighted by Gasteiger charge is -2.14. The lowest BCUT2D eigenvalue weighted by Crippen LogP contribution is -2.29. The summed E-state index contributed by atoms with van der Waals surface area (Å²) in [7, 11) is 0.427. The van der Waals surface area contributed by atoms with Crippen LogP contribution in [0.4, 0.5) is 0 Å². The van der Waals surface area contributed by atoms with Gasteiger partial charge >= 0.3 is 0 Å². The van der Waals surface area contributed by atoms with Crippen molar-refractivity contribution in [2.45, 2.75) is 19.1 Å². The Morgan fingerprint density at radius 3 is 1.84 bits per heavy atom. The second-order valence-corrected chi connectivity index (χ2v) is 11.3. The molecule has 1 aromatic heterocycles. The van der Waals surface area contributed by atoms with Crippen molar-refractivity contribution in [1.82, 2.24) is 9.55 Å². The molecule has 0 unspecified atom stereocenters. The Labute approximate surface area is 229 Å². The maximum Gasteiger partial charge on any atom is 0.239 e. The molecule has 0 aliphatic heterocycles. The first-order valence-electron chi connectivity index (χ1n) is 13.4. The first-order chi connectivity index (χ1) is 18.8. The van der Waals surface area contributed by atoms with E-state index in [1.54, 1.807) is 0 Å². The van der Waals surface area contributed by atoms with E-state index in [4.69, 9.17) is 4.98 Å². The Bertz CT molecular complexity index is 1450. The lowest BCUT2D eigenvalue weighted by atomic mass is 9.65. The smallest absolute Gasteiger partial charge is 0.239 e. The second kappa shape index (κ2) is 12.9. The molecule has 0 N–H and O–H groups in total. The molecule has 2 nitrogen and oxygen atoms in total. The maximum absolute atomic E-state index is 4.78. The summed E-state index contributed by atoms with van der Waals surface area (Å²) in [4.78, 5) is 4.78. The van der Waals surface area contributed by atoms with E-state index in [9.17, 15) is 0 Å². The number of nitrogens with zero attached hydrogens (tertiary/aromatic N) is 2. The van der Waals surface area contributed by atoms with Crippen LogP contribution in [0.1, 0.15) is 29.2 Å². The van der Waals surface area contributed by atoms with Crippen molar-refractivity contribution in [3.63, 3.8) is 0 Å². The summed E-state index contributed by atoms with van der Waals surface area (Å²) in [6.07, 6.45) is 7.49. The number of aromatic nitrogens is 2. The van der Waals surface area contributed by atoms with Gasteiger partial charge in [-0.05, 0) is 40.8 Å². The summed E-state index contributed by atoms with van der Waals surface area (Å²) in [5.41, 5.74) is 10.3. The van der Waals surface area contributed by atoms with Gasteiger partial charge in [-0.1, -0.05) is 138 Å². The minimum absolute atomic E-state index is 0.387. The zero-order chi connectivity index (χ0) is 26.0. The molecule has 0 saturated heterocycles. The van der Waals surface area contributed by atoms with Gasteiger partial charge in [-0.25, -0.2) is 0 Å². The molecular weight excluding hydrogens is 475 g/mol. The van der Waals surface area contributed by atoms with Crippen LogP contribution in [0.5, 0.6) is 0 Å². The van der Waals surface area contributed by atoms with Gasteiger partial charge in [0.2, 0.25) is 7.28 Å². The Balaban J connectivity index is 1.34. The quantitative estimate of drug-likeness (QED) is 0.162. The predicted molar refractivity (Wildman–Crippen MR) is 168 cm³/mol. The molecule has 0 radical (unpaired) electrons. The van der Waals surface area contributed by atoms with Crippen LogP contribution in [-0.4, -0.2) is 26.4 Å². The van der Waals surface area contributed by atoms with E-state index in [0.29, 0.717) is 0 Å². The van der Waals surface area contributed by atoms with Crippen molar-refractivity contribution in [3.05, 3.63) is 162 Å². The van der Waals surface area contributed by atoms with E-state index in [2.05, 4.69) is 145 Å². The van der Waals surface area contributed by atoms with Crippen molar-refractivity contribution in [1.29, 1.82) is 0 Å². The molecule has 0 aliphatic carbocycles. The highest BCUT2D eigenvalue weighted by Crippen LogP contribution is 2.28. The maximum atomic E-state index is 4.78. The fourth-order valence-corrected chi connectivity index (χ4v) is 6.72. The third kappa shape index (κ3) is 6.59. The van der Waals surface area contributed by atoms with E-state index in [0.717, 1.165) is 19.2 Å². The third-order valence-corrected chi connectivity index (χ3v) is 8.84. The van der Waals surface area contributed by atoms with E-state index in [1.165, 1.54) is 44.9 Å². The SMILES string of the molecule is CC(C[SiH2]Cn1ccnc1BC(=Cc1ccccc1)c1ccccc1)=C(c1ccccc1)c1ccccc1. The molecule has 4 aromatic carbocycles. The van der Waals surface area contributed by atoms with E-state index < -0.39 is 0 Å². The van der Waals surface area contributed by atoms with Gasteiger partial charge in [-0.2, -0.15) is 0 Å². The van der Waals surface area contributed by atoms with Crippen molar-refractivity contribution in [2.75, 3.05) is 0 Å². The van der Waals surface area contributed by atoms with Crippen LogP contribution in [0.15, 0.2) is 139 Å². The van der Waals surface area contributed by atoms with Crippen molar-refractivity contribution in [2.24, 2.45) is 0 Å². The largest absolute Gasteiger partial charge is 0.346 e. The van der Waals surface area contributed by atoms with Crippen LogP contribution < -0.4 is 5.72 Å². The van der Waals surface area contributed by atoms with Crippen molar-refractivity contribution >= 4 is 39.6 Å². The van der Waals surface area contributed by atoms with Crippen molar-refractivity contribution < 1.29 is 0 Å². The molecule has 5 rings (SSSR count). The van der Waals surface area contributed by atoms with Crippen LogP contribution in [0.2, 0.25) is 6.04 Å². The first kappa shape index (κ1) is 25.5. The highest BCUT2D eigenvalue weighted by molar-refractivity contribution is 6.73. The predicted octanol–water partition coefficient (Wildman–Crippen LogP) is 6.21. The third-order valence-electron chi connectivity index (χ3n) is 6.94. The number of rotatable bonds is 10. The molecule has 0 bridgehead atoms. The minimum Gasteiger partial charge on any atom is -0.346 e. The summed E-state index contributed by atoms with van der Waals surface area (Å²) in [6, 6.07) is 44.0. The van der Waals surface area contributed by atoms with Gasteiger partial charge in [0.1, 0.15) is 0 Å². The van der Waals surface area contributed by atoms with E-state index >= 15 is 0 Å². The number of benzene rings is 4. The fourth-order valence-electron chi connectivity index (χ4n) is 5.03. The fraction of sp³-hybridized carbons (Fsp3) is 0.0882. The van der Waals surface area contributed by atoms with E-state index in [1.807, 2.05) is 6.20 Å². The summed E-state index contributed by atoms with van der Waals surface area (Å²) in [5, 5.41) is 0. The van der Waals surface area contributed by atoms with Gasteiger partial charge in [0.15, 0.2) is 0 Å². The summed E-state index contributed by atoms with van der Waals surface area (Å²) in [6.45, 7) is 2.31. The molecule has 5 aromatic rings. The first-order valence-corrected chi connectivity index (χ1v) is 15.4. The zero-order valence-corrected chi connectivity index (χ0v) is 23.4. The van der Waals surface area contributed by atoms with Gasteiger partial charge in [0.25, 0.3) is 0 Å². The second-order valence-electron chi connectivity index (χ2n) is 9.65. The van der Waals surface area contributed by atoms with Gasteiger partial charge in [0.05, 0.1) is 5.72 Å². The topological polar surface area (TPSA) is 17.8 Å². The summed E-state index contributed by atoms with van der Waals surface area (Å²) in [5.74, 6) is 0. The van der Waals surface area contributed by atoms with Crippen LogP contribution in [0, 0.1) is 0 Å². The van der Waals surface area contributed by atoms with Gasteiger partial charge in [-0.3, -0.25) is 4.98 Å². The number of hydrogen-bond acceptors (Lipinski definition) is 1. The molecule has 0 spiro atoms. The average Bonchev–Trinajstić information content (AvgIpc) is 3.42. The van der Waals surface area contributed by atoms with Crippen LogP contribution in [0.25, 0.3) is 17.1 Å². The van der Waals surface area contributed by atoms with Crippen LogP contribution in [0.3, 0.4) is 0 Å². The highest BCUT2D eigenvalue weighted by atomic mass is 28.2. The molecule has 1 heterocycles. The molecule has 0 amide bonds. The van der Waals surface area contributed by atoms with Gasteiger partial charge < -0.3 is 4.57 Å². The standard InChI is InChI=1S/C34H33BN2Si/c1-27(33(30-18-10-4-11-19-30)31-20-12-5-13-21-31)25-38-26-37-23-22-36-34(37)35-32(29-16-8-3-9-17-29)24-28-14-6-2-7-15-28/h2-24,35H,25-26,38H2,1H3. The molecular formula is C34H33BN2Si. The van der Waals surface area contributed by atoms with Gasteiger partial charge in [0, 0.05) is 28.1 Å². The van der Waals surface area contributed by atoms with Crippen LogP contribution in [-0.2, 0) is 6.17 Å². The molecule has 4 heteroatoms. The summed E-state index contributed by atoms with van der Waals surface area (Å²) >= 11 is 0. The molecule has 0 saturated carbocycles. The molecule has 0 atom stereocenters. The Morgan fingerprint density at radius 2 is 1.26 bits per heavy atom. The monoisotopic (exact) mass is 508 g/mol. The Kier molecular flexibility index (Phi) is 8.65. The number of imidazole rings is 1. The van der Waals surface area contributed by atoms with Gasteiger partial charge in [-0.15, -0.1) is 0 Å². The number of hydrogen-bond donors (Lipinski definition) is 0.